The molecule has 4 unspecified atom stereocenters. The van der Waals surface area contributed by atoms with Crippen LogP contribution in [0.5, 0.6) is 0 Å². The van der Waals surface area contributed by atoms with Crippen molar-refractivity contribution in [1.82, 2.24) is 10.2 Å². The molecule has 3 fully saturated rings. The van der Waals surface area contributed by atoms with E-state index >= 15 is 0 Å². The largest absolute Gasteiger partial charge is 0.315 e. The van der Waals surface area contributed by atoms with Crippen molar-refractivity contribution in [3.05, 3.63) is 0 Å². The number of rotatable bonds is 2. The normalized spacial score (nSPS) is 43.1. The minimum absolute atomic E-state index is 0.473. The zero-order valence-corrected chi connectivity index (χ0v) is 13.1. The number of likely N-dealkylation sites (tertiary alicyclic amines) is 1. The monoisotopic (exact) mass is 264 g/mol. The minimum Gasteiger partial charge on any atom is -0.315 e. The fourth-order valence-corrected chi connectivity index (χ4v) is 5.38. The number of fused-ring (bicyclic) bond motifs is 1. The van der Waals surface area contributed by atoms with Crippen LogP contribution in [0.15, 0.2) is 0 Å². The number of hydrogen-bond donors (Lipinski definition) is 1. The molecule has 0 radical (unpaired) electrons. The average Bonchev–Trinajstić information content (AvgIpc) is 2.73. The van der Waals surface area contributed by atoms with Gasteiger partial charge in [-0.25, -0.2) is 0 Å². The van der Waals surface area contributed by atoms with E-state index in [0.29, 0.717) is 11.5 Å². The second kappa shape index (κ2) is 5.37. The molecule has 1 aliphatic heterocycles. The van der Waals surface area contributed by atoms with Crippen molar-refractivity contribution in [3.63, 3.8) is 0 Å². The van der Waals surface area contributed by atoms with Crippen molar-refractivity contribution in [1.29, 1.82) is 0 Å². The smallest absolute Gasteiger partial charge is 0.0271 e. The summed E-state index contributed by atoms with van der Waals surface area (Å²) >= 11 is 0. The maximum Gasteiger partial charge on any atom is 0.0271 e. The first-order chi connectivity index (χ1) is 9.13. The second-order valence-corrected chi connectivity index (χ2v) is 7.85. The van der Waals surface area contributed by atoms with Crippen LogP contribution >= 0.6 is 0 Å². The third kappa shape index (κ3) is 2.47. The zero-order chi connectivity index (χ0) is 13.5. The number of nitrogens with zero attached hydrogens (tertiary/aromatic N) is 1. The van der Waals surface area contributed by atoms with Gasteiger partial charge in [0.2, 0.25) is 0 Å². The number of nitrogens with one attached hydrogen (secondary N) is 1. The molecule has 0 amide bonds. The van der Waals surface area contributed by atoms with Crippen molar-refractivity contribution in [2.45, 2.75) is 83.3 Å². The maximum absolute atomic E-state index is 3.66. The highest BCUT2D eigenvalue weighted by molar-refractivity contribution is 5.03. The Balaban J connectivity index is 1.77. The lowest BCUT2D eigenvalue weighted by atomic mass is 9.77. The number of hydrogen-bond acceptors (Lipinski definition) is 2. The van der Waals surface area contributed by atoms with Gasteiger partial charge in [0.1, 0.15) is 0 Å². The standard InChI is InChI=1S/C17H32N2/c1-17(2)11-10-15(16(17)18-3)19-12-6-8-13-7-4-5-9-14(13)19/h13-16,18H,4-12H2,1-3H3. The van der Waals surface area contributed by atoms with Crippen LogP contribution in [-0.2, 0) is 0 Å². The first-order valence-electron chi connectivity index (χ1n) is 8.56. The molecule has 0 spiro atoms. The molecule has 2 nitrogen and oxygen atoms in total. The lowest BCUT2D eigenvalue weighted by Gasteiger charge is -2.49. The predicted octanol–water partition coefficient (Wildman–Crippen LogP) is 3.42. The van der Waals surface area contributed by atoms with Gasteiger partial charge in [-0.1, -0.05) is 26.7 Å². The van der Waals surface area contributed by atoms with Crippen LogP contribution in [0, 0.1) is 11.3 Å². The van der Waals surface area contributed by atoms with E-state index in [-0.39, 0.29) is 0 Å². The summed E-state index contributed by atoms with van der Waals surface area (Å²) < 4.78 is 0. The van der Waals surface area contributed by atoms with Crippen LogP contribution in [0.25, 0.3) is 0 Å². The van der Waals surface area contributed by atoms with E-state index in [2.05, 4.69) is 31.1 Å². The van der Waals surface area contributed by atoms with Gasteiger partial charge in [-0.2, -0.15) is 0 Å². The Bertz CT molecular complexity index is 310. The molecule has 0 bridgehead atoms. The molecule has 110 valence electrons. The lowest BCUT2D eigenvalue weighted by molar-refractivity contribution is 0.0136. The summed E-state index contributed by atoms with van der Waals surface area (Å²) in [6.07, 6.45) is 11.7. The molecule has 1 saturated heterocycles. The van der Waals surface area contributed by atoms with Gasteiger partial charge in [-0.3, -0.25) is 4.90 Å². The molecule has 3 rings (SSSR count). The maximum atomic E-state index is 3.66. The summed E-state index contributed by atoms with van der Waals surface area (Å²) in [6.45, 7) is 6.27. The van der Waals surface area contributed by atoms with Crippen LogP contribution in [0.1, 0.15) is 65.2 Å². The van der Waals surface area contributed by atoms with Gasteiger partial charge < -0.3 is 5.32 Å². The van der Waals surface area contributed by atoms with E-state index in [0.717, 1.165) is 18.0 Å². The van der Waals surface area contributed by atoms with Crippen LogP contribution in [0.3, 0.4) is 0 Å². The van der Waals surface area contributed by atoms with Gasteiger partial charge in [-0.05, 0) is 63.5 Å². The highest BCUT2D eigenvalue weighted by atomic mass is 15.2. The molecule has 19 heavy (non-hydrogen) atoms. The summed E-state index contributed by atoms with van der Waals surface area (Å²) in [5.74, 6) is 1.02. The first-order valence-corrected chi connectivity index (χ1v) is 8.56. The van der Waals surface area contributed by atoms with E-state index in [1.807, 2.05) is 0 Å². The molecule has 1 N–H and O–H groups in total. The summed E-state index contributed by atoms with van der Waals surface area (Å²) in [5.41, 5.74) is 0.473. The third-order valence-corrected chi connectivity index (χ3v) is 6.33. The topological polar surface area (TPSA) is 15.3 Å². The van der Waals surface area contributed by atoms with Crippen molar-refractivity contribution < 1.29 is 0 Å². The minimum atomic E-state index is 0.473. The molecule has 3 aliphatic rings. The van der Waals surface area contributed by atoms with Crippen molar-refractivity contribution in [2.75, 3.05) is 13.6 Å². The zero-order valence-electron chi connectivity index (χ0n) is 13.1. The van der Waals surface area contributed by atoms with Gasteiger partial charge in [-0.15, -0.1) is 0 Å². The lowest BCUT2D eigenvalue weighted by Crippen LogP contribution is -2.57. The van der Waals surface area contributed by atoms with Gasteiger partial charge in [0.15, 0.2) is 0 Å². The Morgan fingerprint density at radius 2 is 1.68 bits per heavy atom. The Kier molecular flexibility index (Phi) is 3.92. The summed E-state index contributed by atoms with van der Waals surface area (Å²) in [4.78, 5) is 2.93. The summed E-state index contributed by atoms with van der Waals surface area (Å²) in [6, 6.07) is 2.40. The fourth-order valence-electron chi connectivity index (χ4n) is 5.38. The Labute approximate surface area is 119 Å². The molecule has 2 saturated carbocycles. The van der Waals surface area contributed by atoms with E-state index in [1.165, 1.54) is 57.9 Å². The molecule has 4 atom stereocenters. The molecular formula is C17H32N2. The van der Waals surface area contributed by atoms with E-state index in [9.17, 15) is 0 Å². The molecule has 2 heteroatoms. The predicted molar refractivity (Wildman–Crippen MR) is 81.3 cm³/mol. The molecular weight excluding hydrogens is 232 g/mol. The Morgan fingerprint density at radius 1 is 0.947 bits per heavy atom. The molecule has 1 heterocycles. The molecule has 2 aliphatic carbocycles. The third-order valence-electron chi connectivity index (χ3n) is 6.33. The van der Waals surface area contributed by atoms with Gasteiger partial charge in [0, 0.05) is 18.1 Å². The van der Waals surface area contributed by atoms with E-state index in [1.54, 1.807) is 0 Å². The summed E-state index contributed by atoms with van der Waals surface area (Å²) in [5, 5.41) is 3.66. The van der Waals surface area contributed by atoms with E-state index < -0.39 is 0 Å². The molecule has 0 aromatic rings. The highest BCUT2D eigenvalue weighted by Gasteiger charge is 2.47. The average molecular weight is 264 g/mol. The van der Waals surface area contributed by atoms with Gasteiger partial charge in [0.05, 0.1) is 0 Å². The highest BCUT2D eigenvalue weighted by Crippen LogP contribution is 2.44. The van der Waals surface area contributed by atoms with Crippen LogP contribution in [-0.4, -0.2) is 36.6 Å². The second-order valence-electron chi connectivity index (χ2n) is 7.85. The van der Waals surface area contributed by atoms with Crippen molar-refractivity contribution >= 4 is 0 Å². The van der Waals surface area contributed by atoms with Gasteiger partial charge in [0.25, 0.3) is 0 Å². The SMILES string of the molecule is CNC1C(N2CCCC3CCCCC32)CCC1(C)C. The quantitative estimate of drug-likeness (QED) is 0.822. The Hall–Kier alpha value is -0.0800. The molecule has 0 aromatic heterocycles. The van der Waals surface area contributed by atoms with Crippen molar-refractivity contribution in [3.8, 4) is 0 Å². The number of likely N-dealkylation sites (N-methyl/N-ethyl adjacent to an activating group) is 1. The number of piperidine rings is 1. The van der Waals surface area contributed by atoms with E-state index in [4.69, 9.17) is 0 Å². The Morgan fingerprint density at radius 3 is 2.47 bits per heavy atom. The van der Waals surface area contributed by atoms with Crippen molar-refractivity contribution in [2.24, 2.45) is 11.3 Å². The van der Waals surface area contributed by atoms with Crippen LogP contribution < -0.4 is 5.32 Å². The first kappa shape index (κ1) is 13.9. The summed E-state index contributed by atoms with van der Waals surface area (Å²) in [7, 11) is 2.17. The van der Waals surface area contributed by atoms with Crippen LogP contribution in [0.2, 0.25) is 0 Å². The molecule has 0 aromatic carbocycles. The van der Waals surface area contributed by atoms with Gasteiger partial charge >= 0.3 is 0 Å². The van der Waals surface area contributed by atoms with Crippen LogP contribution in [0.4, 0.5) is 0 Å². The fraction of sp³-hybridized carbons (Fsp3) is 1.00.